The van der Waals surface area contributed by atoms with Gasteiger partial charge in [-0.25, -0.2) is 9.59 Å². The van der Waals surface area contributed by atoms with E-state index in [2.05, 4.69) is 18.8 Å². The van der Waals surface area contributed by atoms with E-state index in [0.717, 1.165) is 19.3 Å². The number of carboxylic acid groups (broad SMARTS) is 1. The molecule has 1 aromatic rings. The third-order valence-electron chi connectivity index (χ3n) is 4.01. The highest BCUT2D eigenvalue weighted by Gasteiger charge is 2.31. The van der Waals surface area contributed by atoms with Gasteiger partial charge < -0.3 is 14.6 Å². The largest absolute Gasteiger partial charge is 0.479 e. The van der Waals surface area contributed by atoms with Crippen molar-refractivity contribution in [3.63, 3.8) is 0 Å². The zero-order valence-corrected chi connectivity index (χ0v) is 13.3. The number of aromatic nitrogens is 2. The zero-order valence-electron chi connectivity index (χ0n) is 13.3. The van der Waals surface area contributed by atoms with E-state index in [-0.39, 0.29) is 11.9 Å². The van der Waals surface area contributed by atoms with Crippen molar-refractivity contribution >= 4 is 5.97 Å². The van der Waals surface area contributed by atoms with Gasteiger partial charge in [-0.15, -0.1) is 0 Å². The highest BCUT2D eigenvalue weighted by molar-refractivity contribution is 5.68. The summed E-state index contributed by atoms with van der Waals surface area (Å²) in [5.74, 6) is -1.01. The Morgan fingerprint density at radius 3 is 2.91 bits per heavy atom. The first-order valence-electron chi connectivity index (χ1n) is 7.77. The van der Waals surface area contributed by atoms with Crippen molar-refractivity contribution in [3.05, 3.63) is 27.0 Å². The van der Waals surface area contributed by atoms with Crippen LogP contribution in [0.2, 0.25) is 0 Å². The van der Waals surface area contributed by atoms with Crippen molar-refractivity contribution in [2.45, 2.75) is 51.9 Å². The Morgan fingerprint density at radius 1 is 1.52 bits per heavy atom. The molecule has 2 rings (SSSR count). The van der Waals surface area contributed by atoms with Crippen LogP contribution in [0.15, 0.2) is 15.8 Å². The lowest BCUT2D eigenvalue weighted by Crippen LogP contribution is -2.33. The van der Waals surface area contributed by atoms with Gasteiger partial charge in [-0.1, -0.05) is 20.3 Å². The topological polar surface area (TPSA) is 111 Å². The lowest BCUT2D eigenvalue weighted by atomic mass is 9.97. The SMILES string of the molecule is CCCC(C)C1CC[C@H](n2cc(OCC(=O)O)c(=O)[nH]c2=O)O1. The summed E-state index contributed by atoms with van der Waals surface area (Å²) >= 11 is 0. The fraction of sp³-hybridized carbons (Fsp3) is 0.667. The summed E-state index contributed by atoms with van der Waals surface area (Å²) in [6, 6.07) is 0. The van der Waals surface area contributed by atoms with Crippen LogP contribution in [0, 0.1) is 5.92 Å². The van der Waals surface area contributed by atoms with Crippen molar-refractivity contribution in [1.29, 1.82) is 0 Å². The van der Waals surface area contributed by atoms with E-state index in [9.17, 15) is 14.4 Å². The highest BCUT2D eigenvalue weighted by Crippen LogP contribution is 2.32. The minimum atomic E-state index is -1.20. The number of aromatic amines is 1. The molecule has 128 valence electrons. The molecule has 0 amide bonds. The number of ether oxygens (including phenoxy) is 2. The average molecular weight is 326 g/mol. The summed E-state index contributed by atoms with van der Waals surface area (Å²) in [5, 5.41) is 8.62. The van der Waals surface area contributed by atoms with Crippen LogP contribution in [0.5, 0.6) is 5.75 Å². The number of hydrogen-bond donors (Lipinski definition) is 2. The fourth-order valence-electron chi connectivity index (χ4n) is 2.83. The van der Waals surface area contributed by atoms with Crippen LogP contribution in [-0.2, 0) is 9.53 Å². The van der Waals surface area contributed by atoms with Gasteiger partial charge in [-0.3, -0.25) is 14.3 Å². The molecule has 1 aromatic heterocycles. The molecule has 1 saturated heterocycles. The van der Waals surface area contributed by atoms with Gasteiger partial charge in [-0.05, 0) is 25.2 Å². The Kier molecular flexibility index (Phi) is 5.59. The third-order valence-corrected chi connectivity index (χ3v) is 4.01. The summed E-state index contributed by atoms with van der Waals surface area (Å²) in [4.78, 5) is 36.3. The number of H-pyrrole nitrogens is 1. The van der Waals surface area contributed by atoms with Gasteiger partial charge in [0.05, 0.1) is 12.3 Å². The highest BCUT2D eigenvalue weighted by atomic mass is 16.5. The normalized spacial score (nSPS) is 22.0. The molecule has 0 saturated carbocycles. The minimum Gasteiger partial charge on any atom is -0.479 e. The monoisotopic (exact) mass is 326 g/mol. The van der Waals surface area contributed by atoms with E-state index in [4.69, 9.17) is 14.6 Å². The molecule has 1 fully saturated rings. The van der Waals surface area contributed by atoms with E-state index in [1.54, 1.807) is 0 Å². The Balaban J connectivity index is 2.16. The Bertz CT molecular complexity index is 665. The second-order valence-corrected chi connectivity index (χ2v) is 5.81. The molecule has 23 heavy (non-hydrogen) atoms. The van der Waals surface area contributed by atoms with Crippen LogP contribution < -0.4 is 16.0 Å². The van der Waals surface area contributed by atoms with Gasteiger partial charge in [0, 0.05) is 0 Å². The summed E-state index contributed by atoms with van der Waals surface area (Å²) in [6.07, 6.45) is 4.42. The summed E-state index contributed by atoms with van der Waals surface area (Å²) in [6.45, 7) is 3.58. The van der Waals surface area contributed by atoms with Gasteiger partial charge in [0.1, 0.15) is 6.23 Å². The second kappa shape index (κ2) is 7.45. The molecule has 2 N–H and O–H groups in total. The van der Waals surface area contributed by atoms with E-state index in [0.29, 0.717) is 12.3 Å². The molecule has 2 unspecified atom stereocenters. The quantitative estimate of drug-likeness (QED) is 0.776. The molecule has 1 aliphatic rings. The predicted octanol–water partition coefficient (Wildman–Crippen LogP) is 1.11. The first-order valence-corrected chi connectivity index (χ1v) is 7.77. The van der Waals surface area contributed by atoms with Gasteiger partial charge >= 0.3 is 11.7 Å². The first-order chi connectivity index (χ1) is 10.9. The molecule has 0 radical (unpaired) electrons. The smallest absolute Gasteiger partial charge is 0.341 e. The van der Waals surface area contributed by atoms with Crippen molar-refractivity contribution in [2.75, 3.05) is 6.61 Å². The maximum absolute atomic E-state index is 12.0. The van der Waals surface area contributed by atoms with E-state index in [1.807, 2.05) is 0 Å². The van der Waals surface area contributed by atoms with Crippen LogP contribution in [0.3, 0.4) is 0 Å². The number of hydrogen-bond acceptors (Lipinski definition) is 5. The molecule has 0 aromatic carbocycles. The minimum absolute atomic E-state index is 0.0715. The number of carboxylic acids is 1. The van der Waals surface area contributed by atoms with Crippen LogP contribution >= 0.6 is 0 Å². The number of rotatable bonds is 7. The maximum Gasteiger partial charge on any atom is 0.341 e. The van der Waals surface area contributed by atoms with E-state index in [1.165, 1.54) is 10.8 Å². The lowest BCUT2D eigenvalue weighted by Gasteiger charge is -2.20. The van der Waals surface area contributed by atoms with Crippen LogP contribution in [0.25, 0.3) is 0 Å². The average Bonchev–Trinajstić information content (AvgIpc) is 2.96. The molecule has 1 aliphatic heterocycles. The molecule has 8 heteroatoms. The van der Waals surface area contributed by atoms with Gasteiger partial charge in [0.25, 0.3) is 5.56 Å². The Morgan fingerprint density at radius 2 is 2.26 bits per heavy atom. The number of nitrogens with zero attached hydrogens (tertiary/aromatic N) is 1. The van der Waals surface area contributed by atoms with Crippen molar-refractivity contribution in [1.82, 2.24) is 9.55 Å². The molecule has 3 atom stereocenters. The van der Waals surface area contributed by atoms with Crippen molar-refractivity contribution < 1.29 is 19.4 Å². The second-order valence-electron chi connectivity index (χ2n) is 5.81. The van der Waals surface area contributed by atoms with Crippen molar-refractivity contribution in [3.8, 4) is 5.75 Å². The molecule has 0 bridgehead atoms. The summed E-state index contributed by atoms with van der Waals surface area (Å²) in [5.41, 5.74) is -1.34. The molecule has 0 aliphatic carbocycles. The summed E-state index contributed by atoms with van der Waals surface area (Å²) < 4.78 is 12.1. The van der Waals surface area contributed by atoms with E-state index >= 15 is 0 Å². The van der Waals surface area contributed by atoms with E-state index < -0.39 is 30.1 Å². The Labute approximate surface area is 133 Å². The zero-order chi connectivity index (χ0) is 17.0. The number of nitrogens with one attached hydrogen (secondary N) is 1. The fourth-order valence-corrected chi connectivity index (χ4v) is 2.83. The molecular weight excluding hydrogens is 304 g/mol. The maximum atomic E-state index is 12.0. The van der Waals surface area contributed by atoms with Gasteiger partial charge in [0.15, 0.2) is 6.61 Å². The van der Waals surface area contributed by atoms with Crippen LogP contribution in [0.1, 0.15) is 45.8 Å². The third kappa shape index (κ3) is 4.22. The lowest BCUT2D eigenvalue weighted by molar-refractivity contribution is -0.139. The standard InChI is InChI=1S/C15H22N2O6/c1-3-4-9(2)10-5-6-12(23-10)17-7-11(22-8-13(18)19)14(20)16-15(17)21/h7,9-10,12H,3-6,8H2,1-2H3,(H,18,19)(H,16,20,21)/t9?,10?,12-/m1/s1. The van der Waals surface area contributed by atoms with Gasteiger partial charge in [-0.2, -0.15) is 0 Å². The van der Waals surface area contributed by atoms with Crippen LogP contribution in [0.4, 0.5) is 0 Å². The molecular formula is C15H22N2O6. The van der Waals surface area contributed by atoms with Gasteiger partial charge in [0.2, 0.25) is 5.75 Å². The molecule has 0 spiro atoms. The number of aliphatic carboxylic acids is 1. The Hall–Kier alpha value is -2.09. The first kappa shape index (κ1) is 17.3. The van der Waals surface area contributed by atoms with Crippen LogP contribution in [-0.4, -0.2) is 33.3 Å². The van der Waals surface area contributed by atoms with Crippen molar-refractivity contribution in [2.24, 2.45) is 5.92 Å². The summed E-state index contributed by atoms with van der Waals surface area (Å²) in [7, 11) is 0. The number of carbonyl (C=O) groups is 1. The molecule has 2 heterocycles. The molecule has 8 nitrogen and oxygen atoms in total. The predicted molar refractivity (Wildman–Crippen MR) is 81.7 cm³/mol.